The lowest BCUT2D eigenvalue weighted by Gasteiger charge is -2.11. The van der Waals surface area contributed by atoms with E-state index in [0.717, 1.165) is 21.8 Å². The Morgan fingerprint density at radius 3 is 2.38 bits per heavy atom. The Balaban J connectivity index is 2.10. The van der Waals surface area contributed by atoms with Gasteiger partial charge in [-0.05, 0) is 23.8 Å². The summed E-state index contributed by atoms with van der Waals surface area (Å²) < 4.78 is 0. The van der Waals surface area contributed by atoms with Crippen molar-refractivity contribution in [2.24, 2.45) is 9.98 Å². The van der Waals surface area contributed by atoms with Gasteiger partial charge in [-0.15, -0.1) is 0 Å². The van der Waals surface area contributed by atoms with Gasteiger partial charge in [0, 0.05) is 5.56 Å². The molecule has 1 aliphatic carbocycles. The Bertz CT molecular complexity index is 937. The molecule has 2 bridgehead atoms. The summed E-state index contributed by atoms with van der Waals surface area (Å²) in [5.41, 5.74) is 2.59. The van der Waals surface area contributed by atoms with E-state index < -0.39 is 0 Å². The fourth-order valence-electron chi connectivity index (χ4n) is 2.72. The van der Waals surface area contributed by atoms with Crippen molar-refractivity contribution in [1.82, 2.24) is 0 Å². The Morgan fingerprint density at radius 1 is 0.810 bits per heavy atom. The SMILES string of the molecule is N=C1C(=N)c2ccccc2C2C=C1N=c1ccccc1=N2. The van der Waals surface area contributed by atoms with E-state index in [1.54, 1.807) is 0 Å². The molecule has 4 heteroatoms. The van der Waals surface area contributed by atoms with E-state index in [1.165, 1.54) is 0 Å². The van der Waals surface area contributed by atoms with Gasteiger partial charge in [-0.3, -0.25) is 15.8 Å². The Kier molecular flexibility index (Phi) is 2.44. The van der Waals surface area contributed by atoms with Crippen molar-refractivity contribution >= 4 is 11.4 Å². The molecule has 2 aromatic carbocycles. The average molecular weight is 272 g/mol. The number of benzene rings is 2. The van der Waals surface area contributed by atoms with Gasteiger partial charge in [-0.1, -0.05) is 36.4 Å². The molecule has 0 radical (unpaired) electrons. The van der Waals surface area contributed by atoms with Crippen LogP contribution < -0.4 is 10.7 Å². The largest absolute Gasteiger partial charge is 0.298 e. The molecule has 0 aromatic heterocycles. The summed E-state index contributed by atoms with van der Waals surface area (Å²) in [4.78, 5) is 9.30. The van der Waals surface area contributed by atoms with Crippen molar-refractivity contribution in [1.29, 1.82) is 10.8 Å². The van der Waals surface area contributed by atoms with Crippen molar-refractivity contribution in [3.8, 4) is 0 Å². The summed E-state index contributed by atoms with van der Waals surface area (Å²) in [6.07, 6.45) is 1.88. The quantitative estimate of drug-likeness (QED) is 0.736. The van der Waals surface area contributed by atoms with Crippen molar-refractivity contribution < 1.29 is 0 Å². The van der Waals surface area contributed by atoms with Gasteiger partial charge in [0.25, 0.3) is 0 Å². The van der Waals surface area contributed by atoms with Crippen molar-refractivity contribution in [3.05, 3.63) is 82.1 Å². The normalized spacial score (nSPS) is 19.2. The van der Waals surface area contributed by atoms with Crippen LogP contribution in [0.15, 0.2) is 70.3 Å². The van der Waals surface area contributed by atoms with Crippen LogP contribution in [0.2, 0.25) is 0 Å². The first kappa shape index (κ1) is 11.9. The second-order valence-electron chi connectivity index (χ2n) is 5.06. The minimum Gasteiger partial charge on any atom is -0.298 e. The first-order chi connectivity index (χ1) is 10.2. The molecule has 4 rings (SSSR count). The molecule has 21 heavy (non-hydrogen) atoms. The first-order valence-corrected chi connectivity index (χ1v) is 6.74. The molecule has 0 saturated heterocycles. The third-order valence-corrected chi connectivity index (χ3v) is 3.77. The minimum atomic E-state index is -0.202. The second-order valence-corrected chi connectivity index (χ2v) is 5.06. The van der Waals surface area contributed by atoms with E-state index in [9.17, 15) is 0 Å². The van der Waals surface area contributed by atoms with Gasteiger partial charge in [0.05, 0.1) is 28.2 Å². The Morgan fingerprint density at radius 2 is 1.52 bits per heavy atom. The number of hydrogen-bond donors (Lipinski definition) is 2. The lowest BCUT2D eigenvalue weighted by molar-refractivity contribution is 0.871. The first-order valence-electron chi connectivity index (χ1n) is 6.74. The molecule has 2 aromatic rings. The lowest BCUT2D eigenvalue weighted by atomic mass is 9.98. The van der Waals surface area contributed by atoms with Crippen LogP contribution in [0.25, 0.3) is 0 Å². The number of rotatable bonds is 0. The lowest BCUT2D eigenvalue weighted by Crippen LogP contribution is -2.26. The molecular formula is C17H12N4. The predicted molar refractivity (Wildman–Crippen MR) is 80.6 cm³/mol. The van der Waals surface area contributed by atoms with Crippen LogP contribution in [0.4, 0.5) is 0 Å². The maximum absolute atomic E-state index is 8.26. The summed E-state index contributed by atoms with van der Waals surface area (Å²) in [7, 11) is 0. The fraction of sp³-hybridized carbons (Fsp3) is 0.0588. The van der Waals surface area contributed by atoms with E-state index in [4.69, 9.17) is 15.8 Å². The highest BCUT2D eigenvalue weighted by Crippen LogP contribution is 2.29. The maximum atomic E-state index is 8.26. The number of hydrogen-bond acceptors (Lipinski definition) is 4. The van der Waals surface area contributed by atoms with E-state index in [2.05, 4.69) is 4.99 Å². The zero-order valence-electron chi connectivity index (χ0n) is 11.2. The summed E-state index contributed by atoms with van der Waals surface area (Å²) in [5, 5.41) is 18.1. The third kappa shape index (κ3) is 1.76. The van der Waals surface area contributed by atoms with Crippen LogP contribution in [-0.2, 0) is 0 Å². The van der Waals surface area contributed by atoms with Gasteiger partial charge in [-0.2, -0.15) is 0 Å². The van der Waals surface area contributed by atoms with Gasteiger partial charge >= 0.3 is 0 Å². The number of nitrogens with one attached hydrogen (secondary N) is 2. The van der Waals surface area contributed by atoms with Gasteiger partial charge in [0.2, 0.25) is 0 Å². The summed E-state index contributed by atoms with van der Waals surface area (Å²) >= 11 is 0. The highest BCUT2D eigenvalue weighted by atomic mass is 14.9. The van der Waals surface area contributed by atoms with Crippen molar-refractivity contribution in [3.63, 3.8) is 0 Å². The highest BCUT2D eigenvalue weighted by molar-refractivity contribution is 6.51. The van der Waals surface area contributed by atoms with Gasteiger partial charge < -0.3 is 0 Å². The van der Waals surface area contributed by atoms with Crippen LogP contribution in [0, 0.1) is 10.8 Å². The molecule has 0 fully saturated rings. The summed E-state index contributed by atoms with van der Waals surface area (Å²) in [6, 6.07) is 15.1. The predicted octanol–water partition coefficient (Wildman–Crippen LogP) is 1.97. The Labute approximate surface area is 121 Å². The average Bonchev–Trinajstić information content (AvgIpc) is 2.77. The molecule has 1 atom stereocenters. The smallest absolute Gasteiger partial charge is 0.105 e. The van der Waals surface area contributed by atoms with E-state index >= 15 is 0 Å². The van der Waals surface area contributed by atoms with Crippen LogP contribution in [0.5, 0.6) is 0 Å². The fourth-order valence-corrected chi connectivity index (χ4v) is 2.72. The monoisotopic (exact) mass is 272 g/mol. The van der Waals surface area contributed by atoms with Crippen LogP contribution in [0.3, 0.4) is 0 Å². The van der Waals surface area contributed by atoms with Gasteiger partial charge in [0.15, 0.2) is 0 Å². The standard InChI is InChI=1S/C17H12N4/c18-16-11-6-2-1-5-10(11)14-9-15(17(16)19)21-13-8-4-3-7-12(13)20-14/h1-9,14,18-19H. The zero-order valence-corrected chi connectivity index (χ0v) is 11.2. The van der Waals surface area contributed by atoms with Crippen LogP contribution in [-0.4, -0.2) is 11.4 Å². The minimum absolute atomic E-state index is 0.150. The summed E-state index contributed by atoms with van der Waals surface area (Å²) in [5.74, 6) is 0. The molecule has 2 aliphatic rings. The molecule has 1 unspecified atom stereocenters. The summed E-state index contributed by atoms with van der Waals surface area (Å²) in [6.45, 7) is 0. The molecule has 0 saturated carbocycles. The zero-order chi connectivity index (χ0) is 14.4. The van der Waals surface area contributed by atoms with Gasteiger partial charge in [0.1, 0.15) is 5.71 Å². The van der Waals surface area contributed by atoms with Gasteiger partial charge in [-0.25, -0.2) is 4.99 Å². The molecule has 1 aliphatic heterocycles. The molecule has 2 N–H and O–H groups in total. The molecule has 100 valence electrons. The van der Waals surface area contributed by atoms with Crippen LogP contribution >= 0.6 is 0 Å². The molecule has 0 spiro atoms. The molecular weight excluding hydrogens is 260 g/mol. The highest BCUT2D eigenvalue weighted by Gasteiger charge is 2.25. The topological polar surface area (TPSA) is 72.4 Å². The number of allylic oxidation sites excluding steroid dienone is 1. The van der Waals surface area contributed by atoms with Crippen molar-refractivity contribution in [2.75, 3.05) is 0 Å². The Hall–Kier alpha value is -2.88. The van der Waals surface area contributed by atoms with E-state index in [1.807, 2.05) is 54.6 Å². The third-order valence-electron chi connectivity index (χ3n) is 3.77. The van der Waals surface area contributed by atoms with E-state index in [-0.39, 0.29) is 17.5 Å². The van der Waals surface area contributed by atoms with Crippen molar-refractivity contribution in [2.45, 2.75) is 6.04 Å². The molecule has 4 nitrogen and oxygen atoms in total. The molecule has 0 amide bonds. The second kappa shape index (κ2) is 4.31. The van der Waals surface area contributed by atoms with E-state index in [0.29, 0.717) is 5.70 Å². The van der Waals surface area contributed by atoms with Crippen LogP contribution in [0.1, 0.15) is 17.2 Å². The maximum Gasteiger partial charge on any atom is 0.105 e. The molecule has 1 heterocycles. The number of fused-ring (bicyclic) bond motifs is 4. The number of para-hydroxylation sites is 2. The number of nitrogens with zero attached hydrogens (tertiary/aromatic N) is 2.